The Kier molecular flexibility index (Phi) is 4.84. The topological polar surface area (TPSA) is 43.4 Å². The van der Waals surface area contributed by atoms with Gasteiger partial charge < -0.3 is 4.48 Å². The van der Waals surface area contributed by atoms with E-state index in [0.717, 1.165) is 15.2 Å². The number of likely N-dealkylation sites (N-methyl/N-ethyl adjacent to an activating group) is 1. The van der Waals surface area contributed by atoms with Crippen molar-refractivity contribution in [1.29, 1.82) is 0 Å². The van der Waals surface area contributed by atoms with Crippen LogP contribution >= 0.6 is 15.9 Å². The van der Waals surface area contributed by atoms with Crippen LogP contribution in [-0.2, 0) is 14.3 Å². The van der Waals surface area contributed by atoms with Crippen LogP contribution in [0.2, 0.25) is 0 Å². The van der Waals surface area contributed by atoms with Crippen LogP contribution in [0.4, 0.5) is 0 Å². The Hall–Kier alpha value is -1.21. The zero-order valence-electron chi connectivity index (χ0n) is 13.7. The molecule has 1 unspecified atom stereocenters. The van der Waals surface area contributed by atoms with Crippen molar-refractivity contribution in [2.45, 2.75) is 12.1 Å². The van der Waals surface area contributed by atoms with Crippen molar-refractivity contribution in [1.82, 2.24) is 0 Å². The van der Waals surface area contributed by atoms with Crippen LogP contribution in [0.1, 0.15) is 17.2 Å². The van der Waals surface area contributed by atoms with Gasteiger partial charge in [0.1, 0.15) is 19.1 Å². The van der Waals surface area contributed by atoms with Crippen molar-refractivity contribution in [3.63, 3.8) is 0 Å². The number of hydrogen-bond donors (Lipinski definition) is 0. The summed E-state index contributed by atoms with van der Waals surface area (Å²) < 4.78 is 29.6. The molecule has 0 aliphatic carbocycles. The molecule has 1 fully saturated rings. The van der Waals surface area contributed by atoms with Crippen molar-refractivity contribution in [2.75, 3.05) is 26.4 Å². The molecular formula is C18H21BrNO3S+. The normalized spacial score (nSPS) is 25.0. The molecule has 6 heteroatoms. The fraction of sp³-hybridized carbons (Fsp3) is 0.333. The Labute approximate surface area is 151 Å². The second-order valence-corrected chi connectivity index (χ2v) is 9.15. The van der Waals surface area contributed by atoms with Crippen molar-refractivity contribution < 1.29 is 17.1 Å². The monoisotopic (exact) mass is 410 g/mol. The molecule has 24 heavy (non-hydrogen) atoms. The summed E-state index contributed by atoms with van der Waals surface area (Å²) in [6.07, 6.45) is 0.866. The lowest BCUT2D eigenvalue weighted by atomic mass is 9.91. The summed E-state index contributed by atoms with van der Waals surface area (Å²) >= 11 is 3.48. The summed E-state index contributed by atoms with van der Waals surface area (Å²) in [5, 5.41) is 0. The summed E-state index contributed by atoms with van der Waals surface area (Å²) in [5.74, 6) is 0. The highest BCUT2D eigenvalue weighted by molar-refractivity contribution is 9.10. The lowest BCUT2D eigenvalue weighted by Gasteiger charge is -2.51. The summed E-state index contributed by atoms with van der Waals surface area (Å²) in [7, 11) is -1.26. The summed E-state index contributed by atoms with van der Waals surface area (Å²) in [6, 6.07) is 18.8. The number of hydrogen-bond acceptors (Lipinski definition) is 3. The molecule has 1 aliphatic heterocycles. The van der Waals surface area contributed by atoms with Crippen LogP contribution in [0.25, 0.3) is 0 Å². The van der Waals surface area contributed by atoms with E-state index in [1.54, 1.807) is 0 Å². The van der Waals surface area contributed by atoms with E-state index in [9.17, 15) is 8.42 Å². The SMILES string of the molecule is C[N+]1(C(c2ccccc2)c2ccc(Br)cc2)CC(OS(C)(=O)=O)C1. The lowest BCUT2D eigenvalue weighted by molar-refractivity contribution is -0.976. The average Bonchev–Trinajstić information content (AvgIpc) is 2.47. The van der Waals surface area contributed by atoms with E-state index in [0.29, 0.717) is 13.1 Å². The van der Waals surface area contributed by atoms with E-state index < -0.39 is 10.1 Å². The van der Waals surface area contributed by atoms with Gasteiger partial charge in [-0.15, -0.1) is 0 Å². The molecule has 1 heterocycles. The second kappa shape index (κ2) is 6.59. The van der Waals surface area contributed by atoms with Crippen LogP contribution in [-0.4, -0.2) is 45.4 Å². The summed E-state index contributed by atoms with van der Waals surface area (Å²) in [5.41, 5.74) is 2.44. The second-order valence-electron chi connectivity index (χ2n) is 6.63. The number of quaternary nitrogens is 1. The zero-order chi connectivity index (χ0) is 17.4. The molecule has 0 bridgehead atoms. The van der Waals surface area contributed by atoms with Gasteiger partial charge in [0, 0.05) is 15.6 Å². The number of benzene rings is 2. The van der Waals surface area contributed by atoms with Gasteiger partial charge in [0.25, 0.3) is 10.1 Å². The molecule has 1 aliphatic rings. The van der Waals surface area contributed by atoms with Gasteiger partial charge in [-0.1, -0.05) is 58.4 Å². The maximum atomic E-state index is 11.4. The van der Waals surface area contributed by atoms with Gasteiger partial charge in [-0.25, -0.2) is 0 Å². The number of rotatable bonds is 5. The smallest absolute Gasteiger partial charge is 0.265 e. The highest BCUT2D eigenvalue weighted by atomic mass is 79.9. The first-order chi connectivity index (χ1) is 11.3. The van der Waals surface area contributed by atoms with Crippen LogP contribution in [0.15, 0.2) is 59.1 Å². The van der Waals surface area contributed by atoms with Gasteiger partial charge in [-0.2, -0.15) is 8.42 Å². The third-order valence-electron chi connectivity index (χ3n) is 4.48. The Balaban J connectivity index is 1.90. The van der Waals surface area contributed by atoms with Crippen LogP contribution in [0.3, 0.4) is 0 Å². The van der Waals surface area contributed by atoms with Gasteiger partial charge in [-0.05, 0) is 12.1 Å². The summed E-state index contributed by atoms with van der Waals surface area (Å²) in [6.45, 7) is 1.34. The highest BCUT2D eigenvalue weighted by Gasteiger charge is 2.49. The molecule has 0 N–H and O–H groups in total. The molecule has 0 saturated carbocycles. The lowest BCUT2D eigenvalue weighted by Crippen LogP contribution is -2.66. The molecule has 0 radical (unpaired) electrons. The molecule has 1 saturated heterocycles. The third kappa shape index (κ3) is 3.88. The van der Waals surface area contributed by atoms with Crippen molar-refractivity contribution in [3.05, 3.63) is 70.2 Å². The van der Waals surface area contributed by atoms with Crippen molar-refractivity contribution >= 4 is 26.0 Å². The Morgan fingerprint density at radius 2 is 1.58 bits per heavy atom. The fourth-order valence-electron chi connectivity index (χ4n) is 3.59. The molecule has 128 valence electrons. The highest BCUT2D eigenvalue weighted by Crippen LogP contribution is 2.39. The maximum absolute atomic E-state index is 11.4. The minimum Gasteiger partial charge on any atom is -0.311 e. The fourth-order valence-corrected chi connectivity index (χ4v) is 4.47. The van der Waals surface area contributed by atoms with Crippen molar-refractivity contribution in [2.24, 2.45) is 0 Å². The number of halogens is 1. The average molecular weight is 411 g/mol. The van der Waals surface area contributed by atoms with E-state index in [1.807, 2.05) is 30.3 Å². The van der Waals surface area contributed by atoms with Gasteiger partial charge in [-0.3, -0.25) is 4.18 Å². The molecule has 1 atom stereocenters. The van der Waals surface area contributed by atoms with E-state index in [4.69, 9.17) is 4.18 Å². The molecule has 0 aromatic heterocycles. The van der Waals surface area contributed by atoms with E-state index >= 15 is 0 Å². The van der Waals surface area contributed by atoms with E-state index in [-0.39, 0.29) is 12.1 Å². The molecule has 4 nitrogen and oxygen atoms in total. The first-order valence-corrected chi connectivity index (χ1v) is 10.4. The van der Waals surface area contributed by atoms with E-state index in [1.165, 1.54) is 11.1 Å². The zero-order valence-corrected chi connectivity index (χ0v) is 16.1. The summed E-state index contributed by atoms with van der Waals surface area (Å²) in [4.78, 5) is 0. The van der Waals surface area contributed by atoms with Gasteiger partial charge in [0.15, 0.2) is 6.10 Å². The molecule has 2 aromatic carbocycles. The standard InChI is InChI=1S/C18H21BrNO3S/c1-20(12-17(13-20)23-24(2,21)22)18(14-6-4-3-5-7-14)15-8-10-16(19)11-9-15/h3-11,17-18H,12-13H2,1-2H3/q+1. The van der Waals surface area contributed by atoms with Crippen LogP contribution < -0.4 is 0 Å². The Morgan fingerprint density at radius 3 is 2.12 bits per heavy atom. The molecule has 0 spiro atoms. The first-order valence-electron chi connectivity index (χ1n) is 7.80. The predicted octanol–water partition coefficient (Wildman–Crippen LogP) is 3.34. The number of nitrogens with zero attached hydrogens (tertiary/aromatic N) is 1. The quantitative estimate of drug-likeness (QED) is 0.560. The Morgan fingerprint density at radius 1 is 1.04 bits per heavy atom. The molecule has 2 aromatic rings. The van der Waals surface area contributed by atoms with Gasteiger partial charge in [0.05, 0.1) is 13.3 Å². The van der Waals surface area contributed by atoms with E-state index in [2.05, 4.69) is 47.2 Å². The maximum Gasteiger partial charge on any atom is 0.265 e. The van der Waals surface area contributed by atoms with Crippen LogP contribution in [0, 0.1) is 0 Å². The third-order valence-corrected chi connectivity index (χ3v) is 5.63. The predicted molar refractivity (Wildman–Crippen MR) is 98.1 cm³/mol. The van der Waals surface area contributed by atoms with Crippen molar-refractivity contribution in [3.8, 4) is 0 Å². The van der Waals surface area contributed by atoms with Crippen LogP contribution in [0.5, 0.6) is 0 Å². The molecular weight excluding hydrogens is 390 g/mol. The number of likely N-dealkylation sites (tertiary alicyclic amines) is 1. The molecule has 0 amide bonds. The minimum absolute atomic E-state index is 0.152. The Bertz CT molecular complexity index is 800. The largest absolute Gasteiger partial charge is 0.311 e. The minimum atomic E-state index is -3.41. The molecule has 3 rings (SSSR count). The van der Waals surface area contributed by atoms with Gasteiger partial charge >= 0.3 is 0 Å². The first kappa shape index (κ1) is 17.6. The van der Waals surface area contributed by atoms with Gasteiger partial charge in [0.2, 0.25) is 0 Å².